The van der Waals surface area contributed by atoms with Gasteiger partial charge in [-0.15, -0.1) is 0 Å². The highest BCUT2D eigenvalue weighted by molar-refractivity contribution is 6.07. The van der Waals surface area contributed by atoms with Crippen molar-refractivity contribution in [1.82, 2.24) is 4.98 Å². The average molecular weight is 291 g/mol. The second-order valence-corrected chi connectivity index (χ2v) is 4.49. The highest BCUT2D eigenvalue weighted by atomic mass is 19.1. The summed E-state index contributed by atoms with van der Waals surface area (Å²) in [5, 5.41) is 5.52. The van der Waals surface area contributed by atoms with E-state index in [0.717, 1.165) is 12.3 Å². The Kier molecular flexibility index (Phi) is 4.47. The van der Waals surface area contributed by atoms with Gasteiger partial charge >= 0.3 is 0 Å². The SMILES string of the molecule is CCNc1ncc(F)cc1C(=O)Nc1ccc(F)cc1C. The van der Waals surface area contributed by atoms with Crippen molar-refractivity contribution in [2.75, 3.05) is 17.2 Å². The number of benzene rings is 1. The van der Waals surface area contributed by atoms with Gasteiger partial charge in [0, 0.05) is 12.2 Å². The molecule has 4 nitrogen and oxygen atoms in total. The van der Waals surface area contributed by atoms with E-state index in [9.17, 15) is 13.6 Å². The molecule has 6 heteroatoms. The van der Waals surface area contributed by atoms with Gasteiger partial charge in [-0.1, -0.05) is 0 Å². The number of hydrogen-bond acceptors (Lipinski definition) is 3. The number of aryl methyl sites for hydroxylation is 1. The minimum atomic E-state index is -0.599. The molecule has 0 aliphatic rings. The number of anilines is 2. The zero-order valence-electron chi connectivity index (χ0n) is 11.7. The van der Waals surface area contributed by atoms with E-state index in [4.69, 9.17) is 0 Å². The molecule has 0 fully saturated rings. The molecule has 2 aromatic rings. The summed E-state index contributed by atoms with van der Waals surface area (Å²) in [5.74, 6) is -1.19. The zero-order chi connectivity index (χ0) is 15.4. The third-order valence-electron chi connectivity index (χ3n) is 2.88. The van der Waals surface area contributed by atoms with Crippen LogP contribution in [0.4, 0.5) is 20.3 Å². The van der Waals surface area contributed by atoms with Gasteiger partial charge in [-0.05, 0) is 43.7 Å². The molecule has 1 aromatic heterocycles. The Morgan fingerprint density at radius 2 is 2.00 bits per heavy atom. The van der Waals surface area contributed by atoms with Gasteiger partial charge in [-0.25, -0.2) is 13.8 Å². The second kappa shape index (κ2) is 6.30. The largest absolute Gasteiger partial charge is 0.370 e. The first-order valence-corrected chi connectivity index (χ1v) is 6.48. The van der Waals surface area contributed by atoms with Crippen LogP contribution in [-0.2, 0) is 0 Å². The van der Waals surface area contributed by atoms with Crippen LogP contribution in [0.5, 0.6) is 0 Å². The van der Waals surface area contributed by atoms with Crippen LogP contribution in [0.3, 0.4) is 0 Å². The molecule has 0 aliphatic carbocycles. The maximum Gasteiger partial charge on any atom is 0.259 e. The van der Waals surface area contributed by atoms with E-state index in [1.807, 2.05) is 6.92 Å². The van der Waals surface area contributed by atoms with Crippen molar-refractivity contribution < 1.29 is 13.6 Å². The normalized spacial score (nSPS) is 10.3. The fraction of sp³-hybridized carbons (Fsp3) is 0.200. The van der Waals surface area contributed by atoms with Crippen molar-refractivity contribution >= 4 is 17.4 Å². The molecule has 2 rings (SSSR count). The first-order chi connectivity index (χ1) is 10.0. The van der Waals surface area contributed by atoms with E-state index in [2.05, 4.69) is 15.6 Å². The van der Waals surface area contributed by atoms with Crippen LogP contribution in [0.25, 0.3) is 0 Å². The zero-order valence-corrected chi connectivity index (χ0v) is 11.7. The predicted octanol–water partition coefficient (Wildman–Crippen LogP) is 3.35. The van der Waals surface area contributed by atoms with Crippen LogP contribution in [-0.4, -0.2) is 17.4 Å². The molecular weight excluding hydrogens is 276 g/mol. The number of rotatable bonds is 4. The summed E-state index contributed by atoms with van der Waals surface area (Å²) in [4.78, 5) is 16.1. The summed E-state index contributed by atoms with van der Waals surface area (Å²) in [6, 6.07) is 5.13. The first-order valence-electron chi connectivity index (χ1n) is 6.48. The van der Waals surface area contributed by atoms with Crippen molar-refractivity contribution in [3.05, 3.63) is 53.2 Å². The molecule has 110 valence electrons. The molecule has 0 saturated heterocycles. The number of nitrogens with zero attached hydrogens (tertiary/aromatic N) is 1. The number of pyridine rings is 1. The molecule has 0 aliphatic heterocycles. The van der Waals surface area contributed by atoms with E-state index < -0.39 is 11.7 Å². The Labute approximate surface area is 121 Å². The fourth-order valence-corrected chi connectivity index (χ4v) is 1.88. The van der Waals surface area contributed by atoms with Gasteiger partial charge in [0.1, 0.15) is 17.5 Å². The van der Waals surface area contributed by atoms with Gasteiger partial charge in [-0.2, -0.15) is 0 Å². The maximum atomic E-state index is 13.3. The van der Waals surface area contributed by atoms with E-state index in [1.54, 1.807) is 6.92 Å². The van der Waals surface area contributed by atoms with Crippen molar-refractivity contribution in [3.63, 3.8) is 0 Å². The summed E-state index contributed by atoms with van der Waals surface area (Å²) in [6.07, 6.45) is 1.04. The summed E-state index contributed by atoms with van der Waals surface area (Å²) < 4.78 is 26.3. The molecule has 0 atom stereocenters. The minimum absolute atomic E-state index is 0.0978. The lowest BCUT2D eigenvalue weighted by molar-refractivity contribution is 0.102. The molecule has 1 amide bonds. The number of halogens is 2. The highest BCUT2D eigenvalue weighted by Gasteiger charge is 2.15. The van der Waals surface area contributed by atoms with Crippen molar-refractivity contribution in [2.24, 2.45) is 0 Å². The Hall–Kier alpha value is -2.50. The maximum absolute atomic E-state index is 13.3. The van der Waals surface area contributed by atoms with E-state index in [0.29, 0.717) is 23.6 Å². The summed E-state index contributed by atoms with van der Waals surface area (Å²) in [6.45, 7) is 4.07. The van der Waals surface area contributed by atoms with Crippen LogP contribution in [0.15, 0.2) is 30.5 Å². The van der Waals surface area contributed by atoms with Crippen molar-refractivity contribution in [3.8, 4) is 0 Å². The minimum Gasteiger partial charge on any atom is -0.370 e. The smallest absolute Gasteiger partial charge is 0.259 e. The second-order valence-electron chi connectivity index (χ2n) is 4.49. The summed E-state index contributed by atoms with van der Waals surface area (Å²) in [7, 11) is 0. The molecule has 1 heterocycles. The average Bonchev–Trinajstić information content (AvgIpc) is 2.44. The summed E-state index contributed by atoms with van der Waals surface area (Å²) in [5.41, 5.74) is 1.14. The lowest BCUT2D eigenvalue weighted by Gasteiger charge is -2.12. The van der Waals surface area contributed by atoms with Gasteiger partial charge in [0.2, 0.25) is 0 Å². The number of aromatic nitrogens is 1. The van der Waals surface area contributed by atoms with Gasteiger partial charge in [0.25, 0.3) is 5.91 Å². The number of carbonyl (C=O) groups is 1. The van der Waals surface area contributed by atoms with E-state index in [1.165, 1.54) is 18.2 Å². The van der Waals surface area contributed by atoms with Crippen LogP contribution in [0.2, 0.25) is 0 Å². The monoisotopic (exact) mass is 291 g/mol. The van der Waals surface area contributed by atoms with Gasteiger partial charge < -0.3 is 10.6 Å². The number of nitrogens with one attached hydrogen (secondary N) is 2. The van der Waals surface area contributed by atoms with Gasteiger partial charge in [0.05, 0.1) is 11.8 Å². The summed E-state index contributed by atoms with van der Waals surface area (Å²) >= 11 is 0. The first kappa shape index (κ1) is 14.9. The Bertz CT molecular complexity index is 674. The number of amides is 1. The van der Waals surface area contributed by atoms with Gasteiger partial charge in [0.15, 0.2) is 0 Å². The third kappa shape index (κ3) is 3.53. The number of hydrogen-bond donors (Lipinski definition) is 2. The molecule has 0 spiro atoms. The van der Waals surface area contributed by atoms with Crippen LogP contribution >= 0.6 is 0 Å². The van der Waals surface area contributed by atoms with Crippen LogP contribution < -0.4 is 10.6 Å². The molecule has 0 unspecified atom stereocenters. The van der Waals surface area contributed by atoms with Crippen LogP contribution in [0, 0.1) is 18.6 Å². The topological polar surface area (TPSA) is 54.0 Å². The molecule has 21 heavy (non-hydrogen) atoms. The molecule has 1 aromatic carbocycles. The Morgan fingerprint density at radius 3 is 2.67 bits per heavy atom. The van der Waals surface area contributed by atoms with Crippen molar-refractivity contribution in [1.29, 1.82) is 0 Å². The molecule has 0 bridgehead atoms. The fourth-order valence-electron chi connectivity index (χ4n) is 1.88. The van der Waals surface area contributed by atoms with E-state index >= 15 is 0 Å². The highest BCUT2D eigenvalue weighted by Crippen LogP contribution is 2.19. The Balaban J connectivity index is 2.29. The third-order valence-corrected chi connectivity index (χ3v) is 2.88. The lowest BCUT2D eigenvalue weighted by atomic mass is 10.1. The molecule has 0 saturated carbocycles. The quantitative estimate of drug-likeness (QED) is 0.908. The van der Waals surface area contributed by atoms with Gasteiger partial charge in [-0.3, -0.25) is 4.79 Å². The standard InChI is InChI=1S/C15H15F2N3O/c1-3-18-14-12(7-11(17)8-19-14)15(21)20-13-5-4-10(16)6-9(13)2/h4-8H,3H2,1-2H3,(H,18,19)(H,20,21). The lowest BCUT2D eigenvalue weighted by Crippen LogP contribution is -2.16. The predicted molar refractivity (Wildman–Crippen MR) is 77.4 cm³/mol. The van der Waals surface area contributed by atoms with Crippen LogP contribution in [0.1, 0.15) is 22.8 Å². The molecular formula is C15H15F2N3O. The van der Waals surface area contributed by atoms with Crippen molar-refractivity contribution in [2.45, 2.75) is 13.8 Å². The Morgan fingerprint density at radius 1 is 1.24 bits per heavy atom. The molecule has 2 N–H and O–H groups in total. The molecule has 0 radical (unpaired) electrons. The number of carbonyl (C=O) groups excluding carboxylic acids is 1. The van der Waals surface area contributed by atoms with E-state index in [-0.39, 0.29) is 11.4 Å².